The van der Waals surface area contributed by atoms with Gasteiger partial charge in [-0.1, -0.05) is 12.8 Å². The van der Waals surface area contributed by atoms with Crippen LogP contribution in [0.3, 0.4) is 0 Å². The standard InChI is InChI=1S/C18H29N5O2/c24-18(23-7-3-5-15-4-1-2-6-17(15)23)12-21-8-9-25-16(10-21)11-22-14-19-13-20-22/h13-17H,1-12H2/t15-,16+,17+/m1/s1. The predicted octanol–water partition coefficient (Wildman–Crippen LogP) is 1.16. The van der Waals surface area contributed by atoms with Crippen LogP contribution in [0.4, 0.5) is 0 Å². The molecule has 1 amide bonds. The zero-order valence-corrected chi connectivity index (χ0v) is 14.9. The summed E-state index contributed by atoms with van der Waals surface area (Å²) in [5, 5.41) is 4.15. The number of aromatic nitrogens is 3. The normalized spacial score (nSPS) is 30.9. The summed E-state index contributed by atoms with van der Waals surface area (Å²) in [5.74, 6) is 1.06. The number of amides is 1. The average Bonchev–Trinajstić information content (AvgIpc) is 3.14. The third kappa shape index (κ3) is 4.03. The summed E-state index contributed by atoms with van der Waals surface area (Å²) in [6.07, 6.45) is 11.0. The van der Waals surface area contributed by atoms with E-state index in [-0.39, 0.29) is 6.10 Å². The molecule has 25 heavy (non-hydrogen) atoms. The molecule has 138 valence electrons. The van der Waals surface area contributed by atoms with Crippen LogP contribution in [0.15, 0.2) is 12.7 Å². The number of hydrogen-bond acceptors (Lipinski definition) is 5. The molecule has 2 saturated heterocycles. The maximum Gasteiger partial charge on any atom is 0.237 e. The lowest BCUT2D eigenvalue weighted by Crippen LogP contribution is -2.54. The van der Waals surface area contributed by atoms with E-state index in [9.17, 15) is 4.79 Å². The Kier molecular flexibility index (Phi) is 5.31. The Bertz CT molecular complexity index is 562. The van der Waals surface area contributed by atoms with Crippen molar-refractivity contribution in [3.05, 3.63) is 12.7 Å². The summed E-state index contributed by atoms with van der Waals surface area (Å²) in [4.78, 5) is 21.4. The van der Waals surface area contributed by atoms with E-state index in [0.717, 1.165) is 25.6 Å². The molecule has 2 aliphatic heterocycles. The van der Waals surface area contributed by atoms with Gasteiger partial charge < -0.3 is 9.64 Å². The van der Waals surface area contributed by atoms with Gasteiger partial charge in [-0.15, -0.1) is 0 Å². The Morgan fingerprint density at radius 3 is 2.92 bits per heavy atom. The Balaban J connectivity index is 1.32. The summed E-state index contributed by atoms with van der Waals surface area (Å²) in [5.41, 5.74) is 0. The number of hydrogen-bond donors (Lipinski definition) is 0. The fourth-order valence-corrected chi connectivity index (χ4v) is 4.79. The summed E-state index contributed by atoms with van der Waals surface area (Å²) >= 11 is 0. The molecule has 0 radical (unpaired) electrons. The molecular formula is C18H29N5O2. The molecule has 0 N–H and O–H groups in total. The number of carbonyl (C=O) groups is 1. The highest BCUT2D eigenvalue weighted by molar-refractivity contribution is 5.78. The Morgan fingerprint density at radius 2 is 2.04 bits per heavy atom. The number of likely N-dealkylation sites (tertiary alicyclic amines) is 1. The molecule has 0 unspecified atom stereocenters. The third-order valence-corrected chi connectivity index (χ3v) is 6.00. The summed E-state index contributed by atoms with van der Waals surface area (Å²) < 4.78 is 7.64. The zero-order valence-electron chi connectivity index (χ0n) is 14.9. The van der Waals surface area contributed by atoms with Gasteiger partial charge >= 0.3 is 0 Å². The van der Waals surface area contributed by atoms with Gasteiger partial charge in [0, 0.05) is 25.7 Å². The number of morpholine rings is 1. The van der Waals surface area contributed by atoms with E-state index < -0.39 is 0 Å². The van der Waals surface area contributed by atoms with Gasteiger partial charge in [-0.3, -0.25) is 14.4 Å². The molecule has 1 saturated carbocycles. The van der Waals surface area contributed by atoms with Crippen molar-refractivity contribution in [3.63, 3.8) is 0 Å². The minimum Gasteiger partial charge on any atom is -0.374 e. The summed E-state index contributed by atoms with van der Waals surface area (Å²) in [7, 11) is 0. The number of rotatable bonds is 4. The van der Waals surface area contributed by atoms with Gasteiger partial charge in [-0.05, 0) is 31.6 Å². The highest BCUT2D eigenvalue weighted by Crippen LogP contribution is 2.35. The van der Waals surface area contributed by atoms with Crippen molar-refractivity contribution in [1.29, 1.82) is 0 Å². The van der Waals surface area contributed by atoms with Crippen LogP contribution in [-0.2, 0) is 16.1 Å². The van der Waals surface area contributed by atoms with Crippen LogP contribution in [0, 0.1) is 5.92 Å². The number of fused-ring (bicyclic) bond motifs is 1. The number of ether oxygens (including phenoxy) is 1. The number of nitrogens with zero attached hydrogens (tertiary/aromatic N) is 5. The van der Waals surface area contributed by atoms with E-state index in [4.69, 9.17) is 4.74 Å². The molecule has 3 heterocycles. The minimum atomic E-state index is 0.0760. The van der Waals surface area contributed by atoms with Gasteiger partial charge in [0.05, 0.1) is 25.8 Å². The SMILES string of the molecule is O=C(CN1CCO[C@H](Cn2cncn2)C1)N1CCC[C@H]2CCCC[C@@H]21. The van der Waals surface area contributed by atoms with E-state index in [0.29, 0.717) is 31.6 Å². The minimum absolute atomic E-state index is 0.0760. The molecule has 0 spiro atoms. The molecule has 1 aromatic heterocycles. The highest BCUT2D eigenvalue weighted by atomic mass is 16.5. The van der Waals surface area contributed by atoms with E-state index in [1.54, 1.807) is 17.3 Å². The van der Waals surface area contributed by atoms with Crippen molar-refractivity contribution in [2.45, 2.75) is 57.2 Å². The predicted molar refractivity (Wildman–Crippen MR) is 92.9 cm³/mol. The van der Waals surface area contributed by atoms with Crippen molar-refractivity contribution in [2.75, 3.05) is 32.8 Å². The Hall–Kier alpha value is -1.47. The Labute approximate surface area is 149 Å². The molecule has 3 aliphatic rings. The quantitative estimate of drug-likeness (QED) is 0.818. The van der Waals surface area contributed by atoms with Gasteiger partial charge in [0.25, 0.3) is 0 Å². The smallest absolute Gasteiger partial charge is 0.237 e. The molecule has 3 atom stereocenters. The second-order valence-electron chi connectivity index (χ2n) is 7.69. The molecule has 0 bridgehead atoms. The molecule has 1 aromatic rings. The average molecular weight is 347 g/mol. The monoisotopic (exact) mass is 347 g/mol. The summed E-state index contributed by atoms with van der Waals surface area (Å²) in [6.45, 7) is 4.47. The number of carbonyl (C=O) groups excluding carboxylic acids is 1. The van der Waals surface area contributed by atoms with E-state index in [2.05, 4.69) is 19.9 Å². The first-order valence-electron chi connectivity index (χ1n) is 9.75. The highest BCUT2D eigenvalue weighted by Gasteiger charge is 2.36. The first-order valence-corrected chi connectivity index (χ1v) is 9.75. The topological polar surface area (TPSA) is 63.5 Å². The molecule has 3 fully saturated rings. The van der Waals surface area contributed by atoms with Crippen molar-refractivity contribution >= 4 is 5.91 Å². The number of piperidine rings is 1. The van der Waals surface area contributed by atoms with Gasteiger partial charge in [-0.2, -0.15) is 5.10 Å². The lowest BCUT2D eigenvalue weighted by atomic mass is 9.78. The van der Waals surface area contributed by atoms with Crippen LogP contribution >= 0.6 is 0 Å². The fourth-order valence-electron chi connectivity index (χ4n) is 4.79. The van der Waals surface area contributed by atoms with E-state index in [1.165, 1.54) is 38.5 Å². The lowest BCUT2D eigenvalue weighted by Gasteiger charge is -2.45. The van der Waals surface area contributed by atoms with E-state index >= 15 is 0 Å². The van der Waals surface area contributed by atoms with Crippen molar-refractivity contribution in [3.8, 4) is 0 Å². The first-order chi connectivity index (χ1) is 12.3. The van der Waals surface area contributed by atoms with Gasteiger partial charge in [0.2, 0.25) is 5.91 Å². The molecule has 7 nitrogen and oxygen atoms in total. The maximum absolute atomic E-state index is 13.0. The van der Waals surface area contributed by atoms with Crippen molar-refractivity contribution in [2.24, 2.45) is 5.92 Å². The molecule has 7 heteroatoms. The lowest BCUT2D eigenvalue weighted by molar-refractivity contribution is -0.140. The first kappa shape index (κ1) is 17.0. The van der Waals surface area contributed by atoms with Gasteiger partial charge in [-0.25, -0.2) is 4.98 Å². The van der Waals surface area contributed by atoms with Gasteiger partial charge in [0.15, 0.2) is 0 Å². The van der Waals surface area contributed by atoms with Crippen LogP contribution in [0.25, 0.3) is 0 Å². The third-order valence-electron chi connectivity index (χ3n) is 6.00. The summed E-state index contributed by atoms with van der Waals surface area (Å²) in [6, 6.07) is 0.502. The second-order valence-corrected chi connectivity index (χ2v) is 7.69. The zero-order chi connectivity index (χ0) is 17.1. The van der Waals surface area contributed by atoms with Crippen LogP contribution in [-0.4, -0.2) is 75.4 Å². The second kappa shape index (κ2) is 7.83. The molecular weight excluding hydrogens is 318 g/mol. The molecule has 1 aliphatic carbocycles. The van der Waals surface area contributed by atoms with Gasteiger partial charge in [0.1, 0.15) is 12.7 Å². The van der Waals surface area contributed by atoms with E-state index in [1.807, 2.05) is 0 Å². The molecule has 0 aromatic carbocycles. The molecule has 4 rings (SSSR count). The van der Waals surface area contributed by atoms with Crippen LogP contribution < -0.4 is 0 Å². The Morgan fingerprint density at radius 1 is 1.16 bits per heavy atom. The van der Waals surface area contributed by atoms with Crippen LogP contribution in [0.1, 0.15) is 38.5 Å². The van der Waals surface area contributed by atoms with Crippen LogP contribution in [0.2, 0.25) is 0 Å². The van der Waals surface area contributed by atoms with Crippen molar-refractivity contribution < 1.29 is 9.53 Å². The largest absolute Gasteiger partial charge is 0.374 e. The van der Waals surface area contributed by atoms with Crippen molar-refractivity contribution in [1.82, 2.24) is 24.6 Å². The maximum atomic E-state index is 13.0. The fraction of sp³-hybridized carbons (Fsp3) is 0.833. The van der Waals surface area contributed by atoms with Crippen LogP contribution in [0.5, 0.6) is 0 Å².